The summed E-state index contributed by atoms with van der Waals surface area (Å²) < 4.78 is 5.37. The summed E-state index contributed by atoms with van der Waals surface area (Å²) in [7, 11) is 1.58. The third-order valence-electron chi connectivity index (χ3n) is 4.31. The number of nitrogens with one attached hydrogen (secondary N) is 1. The van der Waals surface area contributed by atoms with E-state index in [-0.39, 0.29) is 18.0 Å². The quantitative estimate of drug-likeness (QED) is 0.922. The van der Waals surface area contributed by atoms with Crippen LogP contribution in [0.4, 0.5) is 4.79 Å². The molecule has 0 bridgehead atoms. The van der Waals surface area contributed by atoms with Crippen molar-refractivity contribution < 1.29 is 14.3 Å². The van der Waals surface area contributed by atoms with Gasteiger partial charge in [-0.1, -0.05) is 0 Å². The highest BCUT2D eigenvalue weighted by atomic mass is 16.5. The molecule has 0 unspecified atom stereocenters. The molecule has 6 heteroatoms. The van der Waals surface area contributed by atoms with Gasteiger partial charge in [0.15, 0.2) is 0 Å². The van der Waals surface area contributed by atoms with Crippen LogP contribution in [0.1, 0.15) is 35.3 Å². The number of hydrogen-bond acceptors (Lipinski definition) is 3. The van der Waals surface area contributed by atoms with E-state index < -0.39 is 0 Å². The fourth-order valence-electron chi connectivity index (χ4n) is 2.75. The van der Waals surface area contributed by atoms with E-state index in [0.717, 1.165) is 11.1 Å². The minimum atomic E-state index is -0.0686. The van der Waals surface area contributed by atoms with Gasteiger partial charge in [0.25, 0.3) is 5.91 Å². The van der Waals surface area contributed by atoms with Crippen LogP contribution in [-0.2, 0) is 0 Å². The summed E-state index contributed by atoms with van der Waals surface area (Å²) in [6.45, 7) is 9.99. The van der Waals surface area contributed by atoms with Crippen LogP contribution in [0.15, 0.2) is 12.1 Å². The van der Waals surface area contributed by atoms with Crippen LogP contribution in [-0.4, -0.2) is 61.1 Å². The van der Waals surface area contributed by atoms with Crippen molar-refractivity contribution in [2.45, 2.75) is 33.7 Å². The van der Waals surface area contributed by atoms with Crippen LogP contribution in [0.5, 0.6) is 5.75 Å². The largest absolute Gasteiger partial charge is 0.496 e. The van der Waals surface area contributed by atoms with Crippen molar-refractivity contribution in [2.75, 3.05) is 33.3 Å². The zero-order chi connectivity index (χ0) is 17.9. The van der Waals surface area contributed by atoms with E-state index in [1.807, 2.05) is 39.8 Å². The number of urea groups is 1. The van der Waals surface area contributed by atoms with E-state index in [0.29, 0.717) is 37.5 Å². The van der Waals surface area contributed by atoms with Crippen molar-refractivity contribution in [3.63, 3.8) is 0 Å². The molecule has 0 radical (unpaired) electrons. The average molecular weight is 333 g/mol. The molecule has 1 N–H and O–H groups in total. The normalized spacial score (nSPS) is 14.8. The number of piperazine rings is 1. The zero-order valence-corrected chi connectivity index (χ0v) is 15.2. The van der Waals surface area contributed by atoms with Crippen molar-refractivity contribution in [3.8, 4) is 5.75 Å². The van der Waals surface area contributed by atoms with Crippen molar-refractivity contribution in [3.05, 3.63) is 28.8 Å². The molecule has 24 heavy (non-hydrogen) atoms. The van der Waals surface area contributed by atoms with E-state index in [1.54, 1.807) is 16.9 Å². The summed E-state index contributed by atoms with van der Waals surface area (Å²) in [5.41, 5.74) is 2.74. The maximum atomic E-state index is 12.8. The monoisotopic (exact) mass is 333 g/mol. The first-order chi connectivity index (χ1) is 11.3. The Kier molecular flexibility index (Phi) is 5.70. The predicted molar refractivity (Wildman–Crippen MR) is 93.6 cm³/mol. The van der Waals surface area contributed by atoms with Crippen LogP contribution < -0.4 is 10.1 Å². The lowest BCUT2D eigenvalue weighted by Gasteiger charge is -2.35. The molecule has 1 fully saturated rings. The molecule has 3 amide bonds. The molecular formula is C18H27N3O3. The molecule has 1 saturated heterocycles. The first-order valence-electron chi connectivity index (χ1n) is 8.33. The van der Waals surface area contributed by atoms with Gasteiger partial charge in [0.1, 0.15) is 5.75 Å². The number of methoxy groups -OCH3 is 1. The molecule has 1 heterocycles. The smallest absolute Gasteiger partial charge is 0.317 e. The second kappa shape index (κ2) is 7.55. The van der Waals surface area contributed by atoms with Crippen molar-refractivity contribution in [1.29, 1.82) is 0 Å². The molecule has 132 valence electrons. The summed E-state index contributed by atoms with van der Waals surface area (Å²) in [5, 5.41) is 2.88. The van der Waals surface area contributed by atoms with Gasteiger partial charge < -0.3 is 19.9 Å². The Morgan fingerprint density at radius 2 is 1.58 bits per heavy atom. The number of rotatable bonds is 3. The lowest BCUT2D eigenvalue weighted by Crippen LogP contribution is -2.54. The number of amides is 3. The van der Waals surface area contributed by atoms with Crippen LogP contribution in [0.2, 0.25) is 0 Å². The van der Waals surface area contributed by atoms with Crippen molar-refractivity contribution in [2.24, 2.45) is 0 Å². The minimum absolute atomic E-state index is 0.0427. The Bertz CT molecular complexity index is 620. The third-order valence-corrected chi connectivity index (χ3v) is 4.31. The van der Waals surface area contributed by atoms with Gasteiger partial charge >= 0.3 is 6.03 Å². The highest BCUT2D eigenvalue weighted by Crippen LogP contribution is 2.25. The first-order valence-corrected chi connectivity index (χ1v) is 8.33. The van der Waals surface area contributed by atoms with E-state index in [4.69, 9.17) is 4.74 Å². The van der Waals surface area contributed by atoms with Crippen LogP contribution in [0.3, 0.4) is 0 Å². The number of benzene rings is 1. The number of carbonyl (C=O) groups excluding carboxylic acids is 2. The number of nitrogens with zero attached hydrogens (tertiary/aromatic N) is 2. The van der Waals surface area contributed by atoms with Crippen molar-refractivity contribution >= 4 is 11.9 Å². The van der Waals surface area contributed by atoms with Gasteiger partial charge in [-0.3, -0.25) is 4.79 Å². The Morgan fingerprint density at radius 3 is 2.12 bits per heavy atom. The van der Waals surface area contributed by atoms with E-state index >= 15 is 0 Å². The van der Waals surface area contributed by atoms with Gasteiger partial charge in [-0.05, 0) is 51.0 Å². The molecule has 2 rings (SSSR count). The van der Waals surface area contributed by atoms with E-state index in [1.165, 1.54) is 0 Å². The molecule has 0 saturated carbocycles. The van der Waals surface area contributed by atoms with E-state index in [2.05, 4.69) is 5.32 Å². The van der Waals surface area contributed by atoms with Gasteiger partial charge in [0, 0.05) is 32.2 Å². The molecular weight excluding hydrogens is 306 g/mol. The predicted octanol–water partition coefficient (Wildman–Crippen LogP) is 2.19. The Hall–Kier alpha value is -2.24. The molecule has 1 aliphatic rings. The third kappa shape index (κ3) is 3.99. The zero-order valence-electron chi connectivity index (χ0n) is 15.2. The Balaban J connectivity index is 2.06. The van der Waals surface area contributed by atoms with Crippen LogP contribution >= 0.6 is 0 Å². The standard InChI is InChI=1S/C18H27N3O3/c1-12(2)19-18(23)21-8-6-20(7-9-21)17(22)15-10-13(3)14(4)11-16(15)24-5/h10-12H,6-9H2,1-5H3,(H,19,23). The van der Waals surface area contributed by atoms with E-state index in [9.17, 15) is 9.59 Å². The second-order valence-corrected chi connectivity index (χ2v) is 6.52. The summed E-state index contributed by atoms with van der Waals surface area (Å²) in [5.74, 6) is 0.557. The molecule has 0 aliphatic carbocycles. The number of aryl methyl sites for hydroxylation is 2. The second-order valence-electron chi connectivity index (χ2n) is 6.52. The van der Waals surface area contributed by atoms with Gasteiger partial charge in [0.2, 0.25) is 0 Å². The van der Waals surface area contributed by atoms with Gasteiger partial charge in [-0.25, -0.2) is 4.79 Å². The highest BCUT2D eigenvalue weighted by molar-refractivity contribution is 5.97. The average Bonchev–Trinajstić information content (AvgIpc) is 2.55. The minimum Gasteiger partial charge on any atom is -0.496 e. The molecule has 0 spiro atoms. The van der Waals surface area contributed by atoms with Gasteiger partial charge in [0.05, 0.1) is 12.7 Å². The molecule has 1 aliphatic heterocycles. The highest BCUT2D eigenvalue weighted by Gasteiger charge is 2.26. The number of carbonyl (C=O) groups is 2. The SMILES string of the molecule is COc1cc(C)c(C)cc1C(=O)N1CCN(C(=O)NC(C)C)CC1. The Morgan fingerprint density at radius 1 is 1.04 bits per heavy atom. The Labute approximate surface area is 143 Å². The molecule has 0 aromatic heterocycles. The molecule has 0 atom stereocenters. The topological polar surface area (TPSA) is 61.9 Å². The fourth-order valence-corrected chi connectivity index (χ4v) is 2.75. The summed E-state index contributed by atoms with van der Waals surface area (Å²) in [6.07, 6.45) is 0. The fraction of sp³-hybridized carbons (Fsp3) is 0.556. The van der Waals surface area contributed by atoms with Crippen molar-refractivity contribution in [1.82, 2.24) is 15.1 Å². The van der Waals surface area contributed by atoms with Gasteiger partial charge in [-0.15, -0.1) is 0 Å². The molecule has 6 nitrogen and oxygen atoms in total. The summed E-state index contributed by atoms with van der Waals surface area (Å²) in [6, 6.07) is 3.82. The maximum absolute atomic E-state index is 12.8. The lowest BCUT2D eigenvalue weighted by molar-refractivity contribution is 0.0660. The van der Waals surface area contributed by atoms with Crippen LogP contribution in [0.25, 0.3) is 0 Å². The number of hydrogen-bond donors (Lipinski definition) is 1. The van der Waals surface area contributed by atoms with Gasteiger partial charge in [-0.2, -0.15) is 0 Å². The van der Waals surface area contributed by atoms with Crippen LogP contribution in [0, 0.1) is 13.8 Å². The maximum Gasteiger partial charge on any atom is 0.317 e. The summed E-state index contributed by atoms with van der Waals surface area (Å²) >= 11 is 0. The molecule has 1 aromatic rings. The molecule has 1 aromatic carbocycles. The first kappa shape index (κ1) is 18.1. The summed E-state index contributed by atoms with van der Waals surface area (Å²) in [4.78, 5) is 28.4. The lowest BCUT2D eigenvalue weighted by atomic mass is 10.0. The number of ether oxygens (including phenoxy) is 1.